The van der Waals surface area contributed by atoms with Gasteiger partial charge in [-0.15, -0.1) is 0 Å². The van der Waals surface area contributed by atoms with Crippen molar-refractivity contribution < 1.29 is 18.7 Å². The molecular formula is C18H18F2N2O2S. The summed E-state index contributed by atoms with van der Waals surface area (Å²) >= 11 is 1.24. The Morgan fingerprint density at radius 2 is 2.00 bits per heavy atom. The van der Waals surface area contributed by atoms with E-state index in [1.54, 1.807) is 11.4 Å². The van der Waals surface area contributed by atoms with Crippen molar-refractivity contribution in [2.45, 2.75) is 49.8 Å². The van der Waals surface area contributed by atoms with E-state index in [-0.39, 0.29) is 24.4 Å². The lowest BCUT2D eigenvalue weighted by Gasteiger charge is -2.43. The van der Waals surface area contributed by atoms with E-state index >= 15 is 0 Å². The van der Waals surface area contributed by atoms with E-state index < -0.39 is 17.2 Å². The lowest BCUT2D eigenvalue weighted by molar-refractivity contribution is -0.0432. The van der Waals surface area contributed by atoms with Gasteiger partial charge < -0.3 is 10.0 Å². The van der Waals surface area contributed by atoms with Gasteiger partial charge in [0.1, 0.15) is 17.3 Å². The minimum atomic E-state index is -1.08. The Morgan fingerprint density at radius 3 is 2.60 bits per heavy atom. The van der Waals surface area contributed by atoms with Gasteiger partial charge in [-0.2, -0.15) is 4.37 Å². The molecule has 1 aromatic heterocycles. The summed E-state index contributed by atoms with van der Waals surface area (Å²) in [7, 11) is 0. The predicted octanol–water partition coefficient (Wildman–Crippen LogP) is 3.16. The fourth-order valence-electron chi connectivity index (χ4n) is 4.27. The summed E-state index contributed by atoms with van der Waals surface area (Å²) < 4.78 is 31.1. The monoisotopic (exact) mass is 364 g/mol. The van der Waals surface area contributed by atoms with Crippen LogP contribution in [0.5, 0.6) is 0 Å². The van der Waals surface area contributed by atoms with Crippen molar-refractivity contribution in [3.63, 3.8) is 0 Å². The Labute approximate surface area is 148 Å². The molecule has 25 heavy (non-hydrogen) atoms. The first-order valence-corrected chi connectivity index (χ1v) is 9.18. The Kier molecular flexibility index (Phi) is 4.08. The third kappa shape index (κ3) is 3.06. The standard InChI is InChI=1S/C18H18F2N2O2S/c19-12-2-1-11(15(20)7-12)8-18(24)9-13-3-4-14(10-18)22(13)17(23)16-5-6-25-21-16/h1-2,5-7,13-14,24H,3-4,8-10H2. The summed E-state index contributed by atoms with van der Waals surface area (Å²) in [5, 5.41) is 12.8. The molecule has 1 N–H and O–H groups in total. The SMILES string of the molecule is O=C(c1ccsn1)N1C2CCC1CC(O)(Cc1ccc(F)cc1F)C2. The number of nitrogens with zero attached hydrogens (tertiary/aromatic N) is 2. The van der Waals surface area contributed by atoms with Crippen LogP contribution >= 0.6 is 11.5 Å². The molecule has 2 fully saturated rings. The third-order valence-corrected chi connectivity index (χ3v) is 5.84. The molecule has 1 aromatic carbocycles. The molecule has 2 unspecified atom stereocenters. The van der Waals surface area contributed by atoms with E-state index in [1.165, 1.54) is 23.7 Å². The largest absolute Gasteiger partial charge is 0.389 e. The van der Waals surface area contributed by atoms with Crippen LogP contribution in [0.2, 0.25) is 0 Å². The van der Waals surface area contributed by atoms with Gasteiger partial charge in [0, 0.05) is 30.0 Å². The van der Waals surface area contributed by atoms with Gasteiger partial charge in [-0.1, -0.05) is 6.07 Å². The van der Waals surface area contributed by atoms with E-state index in [0.717, 1.165) is 18.9 Å². The molecule has 2 aliphatic heterocycles. The molecule has 2 atom stereocenters. The van der Waals surface area contributed by atoms with Gasteiger partial charge in [0.25, 0.3) is 5.91 Å². The molecule has 4 rings (SSSR count). The number of benzene rings is 1. The number of piperidine rings is 1. The van der Waals surface area contributed by atoms with E-state index in [2.05, 4.69) is 4.37 Å². The Morgan fingerprint density at radius 1 is 1.28 bits per heavy atom. The molecule has 0 radical (unpaired) electrons. The first kappa shape index (κ1) is 16.6. The van der Waals surface area contributed by atoms with E-state index in [9.17, 15) is 18.7 Å². The van der Waals surface area contributed by atoms with Crippen LogP contribution in [0.25, 0.3) is 0 Å². The second kappa shape index (κ2) is 6.14. The number of aromatic nitrogens is 1. The molecule has 0 saturated carbocycles. The Hall–Kier alpha value is -1.86. The molecule has 3 heterocycles. The molecule has 132 valence electrons. The molecule has 0 spiro atoms. The minimum Gasteiger partial charge on any atom is -0.389 e. The van der Waals surface area contributed by atoms with Crippen LogP contribution < -0.4 is 0 Å². The normalized spacial score (nSPS) is 28.4. The first-order chi connectivity index (χ1) is 12.0. The molecule has 2 bridgehead atoms. The van der Waals surface area contributed by atoms with Crippen LogP contribution in [0.3, 0.4) is 0 Å². The number of hydrogen-bond acceptors (Lipinski definition) is 4. The van der Waals surface area contributed by atoms with Crippen LogP contribution in [-0.4, -0.2) is 38.0 Å². The van der Waals surface area contributed by atoms with E-state index in [0.29, 0.717) is 24.1 Å². The maximum absolute atomic E-state index is 14.0. The zero-order valence-corrected chi connectivity index (χ0v) is 14.3. The number of carbonyl (C=O) groups is 1. The van der Waals surface area contributed by atoms with Gasteiger partial charge in [0.2, 0.25) is 0 Å². The zero-order chi connectivity index (χ0) is 17.6. The quantitative estimate of drug-likeness (QED) is 0.910. The lowest BCUT2D eigenvalue weighted by atomic mass is 9.81. The summed E-state index contributed by atoms with van der Waals surface area (Å²) in [5.41, 5.74) is -0.330. The zero-order valence-electron chi connectivity index (χ0n) is 13.5. The average molecular weight is 364 g/mol. The molecule has 2 saturated heterocycles. The predicted molar refractivity (Wildman–Crippen MR) is 89.3 cm³/mol. The number of rotatable bonds is 3. The number of amides is 1. The molecule has 2 aliphatic rings. The van der Waals surface area contributed by atoms with Gasteiger partial charge in [0.15, 0.2) is 0 Å². The van der Waals surface area contributed by atoms with Crippen LogP contribution in [0.1, 0.15) is 41.7 Å². The van der Waals surface area contributed by atoms with Crippen molar-refractivity contribution in [1.82, 2.24) is 9.27 Å². The Balaban J connectivity index is 1.53. The summed E-state index contributed by atoms with van der Waals surface area (Å²) in [6.45, 7) is 0. The highest BCUT2D eigenvalue weighted by molar-refractivity contribution is 7.03. The number of hydrogen-bond donors (Lipinski definition) is 1. The van der Waals surface area contributed by atoms with Crippen LogP contribution in [0.15, 0.2) is 29.6 Å². The first-order valence-electron chi connectivity index (χ1n) is 8.34. The van der Waals surface area contributed by atoms with E-state index in [4.69, 9.17) is 0 Å². The van der Waals surface area contributed by atoms with Gasteiger partial charge in [-0.25, -0.2) is 8.78 Å². The number of aliphatic hydroxyl groups is 1. The number of halogens is 2. The highest BCUT2D eigenvalue weighted by Crippen LogP contribution is 2.43. The second-order valence-electron chi connectivity index (χ2n) is 7.03. The van der Waals surface area contributed by atoms with Crippen LogP contribution in [0.4, 0.5) is 8.78 Å². The number of fused-ring (bicyclic) bond motifs is 2. The second-order valence-corrected chi connectivity index (χ2v) is 7.69. The molecule has 4 nitrogen and oxygen atoms in total. The highest BCUT2D eigenvalue weighted by Gasteiger charge is 2.49. The summed E-state index contributed by atoms with van der Waals surface area (Å²) in [6, 6.07) is 5.01. The highest BCUT2D eigenvalue weighted by atomic mass is 32.1. The summed E-state index contributed by atoms with van der Waals surface area (Å²) in [6.07, 6.45) is 2.58. The molecule has 2 aromatic rings. The Bertz CT molecular complexity index is 782. The summed E-state index contributed by atoms with van der Waals surface area (Å²) in [5.74, 6) is -1.36. The van der Waals surface area contributed by atoms with Gasteiger partial charge >= 0.3 is 0 Å². The van der Waals surface area contributed by atoms with Gasteiger partial charge in [-0.05, 0) is 54.9 Å². The van der Waals surface area contributed by atoms with Crippen molar-refractivity contribution in [3.05, 3.63) is 52.5 Å². The van der Waals surface area contributed by atoms with Gasteiger partial charge in [0.05, 0.1) is 5.60 Å². The van der Waals surface area contributed by atoms with Crippen molar-refractivity contribution in [2.24, 2.45) is 0 Å². The topological polar surface area (TPSA) is 53.4 Å². The molecule has 0 aliphatic carbocycles. The fourth-order valence-corrected chi connectivity index (χ4v) is 4.78. The lowest BCUT2D eigenvalue weighted by Crippen LogP contribution is -2.54. The molecule has 7 heteroatoms. The minimum absolute atomic E-state index is 0.0681. The van der Waals surface area contributed by atoms with Crippen molar-refractivity contribution in [3.8, 4) is 0 Å². The molecular weight excluding hydrogens is 346 g/mol. The third-order valence-electron chi connectivity index (χ3n) is 5.28. The average Bonchev–Trinajstić information content (AvgIpc) is 3.17. The van der Waals surface area contributed by atoms with Gasteiger partial charge in [-0.3, -0.25) is 4.79 Å². The van der Waals surface area contributed by atoms with Crippen LogP contribution in [0, 0.1) is 11.6 Å². The van der Waals surface area contributed by atoms with Crippen molar-refractivity contribution in [1.29, 1.82) is 0 Å². The van der Waals surface area contributed by atoms with Crippen molar-refractivity contribution >= 4 is 17.4 Å². The fraction of sp³-hybridized carbons (Fsp3) is 0.444. The maximum Gasteiger partial charge on any atom is 0.274 e. The van der Waals surface area contributed by atoms with E-state index in [1.807, 2.05) is 4.90 Å². The smallest absolute Gasteiger partial charge is 0.274 e. The summed E-state index contributed by atoms with van der Waals surface area (Å²) in [4.78, 5) is 14.5. The van der Waals surface area contributed by atoms with Crippen molar-refractivity contribution in [2.75, 3.05) is 0 Å². The number of carbonyl (C=O) groups excluding carboxylic acids is 1. The van der Waals surface area contributed by atoms with Crippen LogP contribution in [-0.2, 0) is 6.42 Å². The molecule has 1 amide bonds. The maximum atomic E-state index is 14.0.